The van der Waals surface area contributed by atoms with E-state index in [9.17, 15) is 14.7 Å². The molecule has 0 heterocycles. The van der Waals surface area contributed by atoms with E-state index in [1.165, 1.54) is 0 Å². The maximum absolute atomic E-state index is 12.3. The van der Waals surface area contributed by atoms with Gasteiger partial charge >= 0.3 is 5.97 Å². The minimum absolute atomic E-state index is 0.188. The maximum Gasteiger partial charge on any atom is 0.307 e. The predicted molar refractivity (Wildman–Crippen MR) is 128 cm³/mol. The number of hydrogen-bond donors (Lipinski definition) is 1. The molecule has 6 heteroatoms. The summed E-state index contributed by atoms with van der Waals surface area (Å²) in [7, 11) is 3.17. The zero-order chi connectivity index (χ0) is 23.9. The summed E-state index contributed by atoms with van der Waals surface area (Å²) in [6.45, 7) is 0.334. The van der Waals surface area contributed by atoms with Crippen LogP contribution in [0.4, 0.5) is 0 Å². The van der Waals surface area contributed by atoms with Crippen molar-refractivity contribution in [2.75, 3.05) is 20.8 Å². The highest BCUT2D eigenvalue weighted by Gasteiger charge is 2.56. The number of Topliss-reactive ketones (excluding diaryl/α,β-unsaturated/α-hetero) is 1. The van der Waals surface area contributed by atoms with Crippen molar-refractivity contribution in [1.29, 1.82) is 0 Å². The Balaban J connectivity index is 1.49. The summed E-state index contributed by atoms with van der Waals surface area (Å²) in [5, 5.41) is 10.1. The second-order valence-corrected chi connectivity index (χ2v) is 9.98. The van der Waals surface area contributed by atoms with Gasteiger partial charge in [-0.15, -0.1) is 0 Å². The molecular formula is C28H32O6. The Labute approximate surface area is 200 Å². The second kappa shape index (κ2) is 8.97. The molecule has 1 unspecified atom stereocenters. The molecule has 1 atom stereocenters. The summed E-state index contributed by atoms with van der Waals surface area (Å²) in [4.78, 5) is 24.4. The molecule has 0 aliphatic heterocycles. The molecule has 1 N–H and O–H groups in total. The first-order valence-electron chi connectivity index (χ1n) is 12.2. The number of fused-ring (bicyclic) bond motifs is 1. The quantitative estimate of drug-likeness (QED) is 0.524. The molecule has 2 saturated carbocycles. The zero-order valence-electron chi connectivity index (χ0n) is 19.9. The lowest BCUT2D eigenvalue weighted by Crippen LogP contribution is -2.35. The summed E-state index contributed by atoms with van der Waals surface area (Å²) in [6, 6.07) is 9.69. The molecule has 2 aromatic rings. The van der Waals surface area contributed by atoms with Crippen LogP contribution in [0.15, 0.2) is 30.3 Å². The third kappa shape index (κ3) is 3.93. The summed E-state index contributed by atoms with van der Waals surface area (Å²) >= 11 is 0. The number of carbonyl (C=O) groups is 2. The van der Waals surface area contributed by atoms with Gasteiger partial charge in [-0.05, 0) is 61.3 Å². The molecule has 0 bridgehead atoms. The molecule has 2 fully saturated rings. The van der Waals surface area contributed by atoms with E-state index in [4.69, 9.17) is 14.2 Å². The molecule has 34 heavy (non-hydrogen) atoms. The number of benzene rings is 2. The number of ketones is 1. The van der Waals surface area contributed by atoms with Crippen LogP contribution in [0.1, 0.15) is 60.9 Å². The minimum atomic E-state index is -0.700. The molecule has 0 saturated heterocycles. The lowest BCUT2D eigenvalue weighted by atomic mass is 9.78. The molecule has 3 aliphatic rings. The SMILES string of the molecule is COc1ccc(-c2ccc3c(c2)CCC3=O)c(OCC2(C(C(=O)O)C3CCCC3)CC2)c1OC. The first-order chi connectivity index (χ1) is 16.5. The van der Waals surface area contributed by atoms with E-state index in [1.807, 2.05) is 24.3 Å². The van der Waals surface area contributed by atoms with Gasteiger partial charge < -0.3 is 19.3 Å². The van der Waals surface area contributed by atoms with E-state index in [2.05, 4.69) is 6.07 Å². The average Bonchev–Trinajstić information content (AvgIpc) is 3.23. The van der Waals surface area contributed by atoms with E-state index in [0.717, 1.165) is 67.2 Å². The van der Waals surface area contributed by atoms with Crippen LogP contribution in [0.2, 0.25) is 0 Å². The van der Waals surface area contributed by atoms with Crippen LogP contribution < -0.4 is 14.2 Å². The van der Waals surface area contributed by atoms with Gasteiger partial charge in [0.2, 0.25) is 5.75 Å². The predicted octanol–water partition coefficient (Wildman–Crippen LogP) is 5.55. The summed E-state index contributed by atoms with van der Waals surface area (Å²) in [5.74, 6) is 0.966. The van der Waals surface area contributed by atoms with Gasteiger partial charge in [-0.1, -0.05) is 31.0 Å². The Kier molecular flexibility index (Phi) is 6.00. The lowest BCUT2D eigenvalue weighted by molar-refractivity contribution is -0.147. The van der Waals surface area contributed by atoms with Crippen LogP contribution in [-0.2, 0) is 11.2 Å². The largest absolute Gasteiger partial charge is 0.493 e. The normalized spacial score (nSPS) is 19.5. The molecule has 0 amide bonds. The summed E-state index contributed by atoms with van der Waals surface area (Å²) < 4.78 is 17.7. The Hall–Kier alpha value is -3.02. The van der Waals surface area contributed by atoms with Crippen molar-refractivity contribution in [1.82, 2.24) is 0 Å². The van der Waals surface area contributed by atoms with Crippen molar-refractivity contribution in [3.63, 3.8) is 0 Å². The van der Waals surface area contributed by atoms with Crippen LogP contribution in [-0.4, -0.2) is 37.7 Å². The number of ether oxygens (including phenoxy) is 3. The second-order valence-electron chi connectivity index (χ2n) is 9.98. The van der Waals surface area contributed by atoms with Crippen LogP contribution >= 0.6 is 0 Å². The molecule has 3 aliphatic carbocycles. The van der Waals surface area contributed by atoms with Gasteiger partial charge in [0.05, 0.1) is 26.7 Å². The monoisotopic (exact) mass is 464 g/mol. The highest BCUT2D eigenvalue weighted by atomic mass is 16.5. The Morgan fingerprint density at radius 3 is 2.41 bits per heavy atom. The number of aryl methyl sites for hydroxylation is 1. The van der Waals surface area contributed by atoms with Crippen molar-refractivity contribution < 1.29 is 28.9 Å². The number of carboxylic acids is 1. The highest BCUT2D eigenvalue weighted by molar-refractivity contribution is 6.01. The Morgan fingerprint density at radius 2 is 1.76 bits per heavy atom. The Bertz CT molecular complexity index is 1110. The summed E-state index contributed by atoms with van der Waals surface area (Å²) in [5.41, 5.74) is 3.30. The first kappa shape index (κ1) is 22.8. The third-order valence-electron chi connectivity index (χ3n) is 8.03. The fourth-order valence-corrected chi connectivity index (χ4v) is 6.07. The number of aliphatic carboxylic acids is 1. The minimum Gasteiger partial charge on any atom is -0.493 e. The number of methoxy groups -OCH3 is 2. The lowest BCUT2D eigenvalue weighted by Gasteiger charge is -2.29. The van der Waals surface area contributed by atoms with E-state index in [1.54, 1.807) is 14.2 Å². The standard InChI is InChI=1S/C28H32O6/c1-32-23-12-10-21(19-7-9-20-18(15-19)8-11-22(20)29)25(26(23)33-2)34-16-28(13-14-28)24(27(30)31)17-5-3-4-6-17/h7,9-10,12,15,17,24H,3-6,8,11,13-14,16H2,1-2H3,(H,30,31). The molecule has 0 radical (unpaired) electrons. The van der Waals surface area contributed by atoms with Crippen molar-refractivity contribution in [3.05, 3.63) is 41.5 Å². The third-order valence-corrected chi connectivity index (χ3v) is 8.03. The smallest absolute Gasteiger partial charge is 0.307 e. The number of hydrogen-bond acceptors (Lipinski definition) is 5. The van der Waals surface area contributed by atoms with Crippen molar-refractivity contribution in [2.24, 2.45) is 17.3 Å². The van der Waals surface area contributed by atoms with Crippen LogP contribution in [0.5, 0.6) is 17.2 Å². The van der Waals surface area contributed by atoms with Gasteiger partial charge in [0, 0.05) is 23.0 Å². The van der Waals surface area contributed by atoms with Gasteiger partial charge in [0.15, 0.2) is 17.3 Å². The van der Waals surface area contributed by atoms with Crippen molar-refractivity contribution in [3.8, 4) is 28.4 Å². The fraction of sp³-hybridized carbons (Fsp3) is 0.500. The number of carbonyl (C=O) groups excluding carboxylic acids is 1. The average molecular weight is 465 g/mol. The van der Waals surface area contributed by atoms with E-state index >= 15 is 0 Å². The Morgan fingerprint density at radius 1 is 1.03 bits per heavy atom. The first-order valence-corrected chi connectivity index (χ1v) is 12.2. The molecule has 5 rings (SSSR count). The van der Waals surface area contributed by atoms with Gasteiger partial charge in [-0.25, -0.2) is 0 Å². The van der Waals surface area contributed by atoms with Gasteiger partial charge in [0.1, 0.15) is 0 Å². The van der Waals surface area contributed by atoms with E-state index in [-0.39, 0.29) is 23.0 Å². The highest BCUT2D eigenvalue weighted by Crippen LogP contribution is 2.58. The summed E-state index contributed by atoms with van der Waals surface area (Å²) in [6.07, 6.45) is 7.22. The van der Waals surface area contributed by atoms with Crippen LogP contribution in [0.25, 0.3) is 11.1 Å². The van der Waals surface area contributed by atoms with Gasteiger partial charge in [-0.2, -0.15) is 0 Å². The van der Waals surface area contributed by atoms with E-state index < -0.39 is 5.97 Å². The molecular weight excluding hydrogens is 432 g/mol. The van der Waals surface area contributed by atoms with Crippen LogP contribution in [0.3, 0.4) is 0 Å². The molecule has 2 aromatic carbocycles. The number of rotatable bonds is 9. The molecule has 0 spiro atoms. The van der Waals surface area contributed by atoms with Gasteiger partial charge in [0.25, 0.3) is 0 Å². The number of carboxylic acid groups (broad SMARTS) is 1. The molecule has 0 aromatic heterocycles. The van der Waals surface area contributed by atoms with Gasteiger partial charge in [-0.3, -0.25) is 9.59 Å². The van der Waals surface area contributed by atoms with Crippen molar-refractivity contribution in [2.45, 2.75) is 51.4 Å². The zero-order valence-corrected chi connectivity index (χ0v) is 19.9. The maximum atomic E-state index is 12.3. The van der Waals surface area contributed by atoms with Crippen molar-refractivity contribution >= 4 is 11.8 Å². The molecule has 6 nitrogen and oxygen atoms in total. The topological polar surface area (TPSA) is 82.1 Å². The van der Waals surface area contributed by atoms with E-state index in [0.29, 0.717) is 30.3 Å². The fourth-order valence-electron chi connectivity index (χ4n) is 6.07. The molecule has 180 valence electrons. The van der Waals surface area contributed by atoms with Crippen LogP contribution in [0, 0.1) is 17.3 Å².